The van der Waals surface area contributed by atoms with Crippen molar-refractivity contribution in [2.75, 3.05) is 13.1 Å². The third-order valence-corrected chi connectivity index (χ3v) is 3.07. The van der Waals surface area contributed by atoms with Crippen molar-refractivity contribution in [1.82, 2.24) is 4.90 Å². The number of nitrogens with zero attached hydrogens (tertiary/aromatic N) is 2. The highest BCUT2D eigenvalue weighted by Crippen LogP contribution is 2.34. The van der Waals surface area contributed by atoms with Gasteiger partial charge in [-0.1, -0.05) is 13.8 Å². The van der Waals surface area contributed by atoms with Crippen LogP contribution in [0.1, 0.15) is 26.7 Å². The summed E-state index contributed by atoms with van der Waals surface area (Å²) < 4.78 is 37.7. The lowest BCUT2D eigenvalue weighted by atomic mass is 9.94. The molecule has 0 N–H and O–H groups in total. The molecule has 0 aromatic heterocycles. The van der Waals surface area contributed by atoms with Gasteiger partial charge in [-0.2, -0.15) is 18.4 Å². The molecular weight excluding hydrogens is 217 g/mol. The highest BCUT2D eigenvalue weighted by Gasteiger charge is 2.43. The highest BCUT2D eigenvalue weighted by molar-refractivity contribution is 4.96. The minimum absolute atomic E-state index is 0.0279. The van der Waals surface area contributed by atoms with Gasteiger partial charge in [0.15, 0.2) is 0 Å². The Kier molecular flexibility index (Phi) is 4.20. The Labute approximate surface area is 94.0 Å². The third kappa shape index (κ3) is 3.11. The standard InChI is InChI=1S/C11H17F3N2/c1-8(2)10(6-15)16-5-3-4-9(7-16)11(12,13)14/h8-10H,3-5,7H2,1-2H3/t9-,10-/m0/s1. The van der Waals surface area contributed by atoms with Gasteiger partial charge in [0, 0.05) is 6.54 Å². The average Bonchev–Trinajstić information content (AvgIpc) is 2.17. The first-order chi connectivity index (χ1) is 7.36. The summed E-state index contributed by atoms with van der Waals surface area (Å²) in [7, 11) is 0. The Hall–Kier alpha value is -0.760. The van der Waals surface area contributed by atoms with Crippen LogP contribution in [-0.2, 0) is 0 Å². The van der Waals surface area contributed by atoms with E-state index in [1.165, 1.54) is 0 Å². The van der Waals surface area contributed by atoms with Gasteiger partial charge in [-0.3, -0.25) is 4.90 Å². The van der Waals surface area contributed by atoms with E-state index in [4.69, 9.17) is 5.26 Å². The Balaban J connectivity index is 2.67. The second-order valence-corrected chi connectivity index (χ2v) is 4.69. The summed E-state index contributed by atoms with van der Waals surface area (Å²) in [6.07, 6.45) is -3.42. The maximum absolute atomic E-state index is 12.6. The van der Waals surface area contributed by atoms with E-state index >= 15 is 0 Å². The van der Waals surface area contributed by atoms with Crippen molar-refractivity contribution in [2.24, 2.45) is 11.8 Å². The monoisotopic (exact) mass is 234 g/mol. The van der Waals surface area contributed by atoms with Crippen LogP contribution in [0.25, 0.3) is 0 Å². The number of likely N-dealkylation sites (tertiary alicyclic amines) is 1. The highest BCUT2D eigenvalue weighted by atomic mass is 19.4. The molecule has 1 aliphatic heterocycles. The summed E-state index contributed by atoms with van der Waals surface area (Å²) in [6, 6.07) is 1.70. The molecule has 2 atom stereocenters. The quantitative estimate of drug-likeness (QED) is 0.734. The smallest absolute Gasteiger partial charge is 0.287 e. The molecule has 1 aliphatic rings. The number of nitriles is 1. The first-order valence-electron chi connectivity index (χ1n) is 5.56. The van der Waals surface area contributed by atoms with Crippen molar-refractivity contribution in [2.45, 2.75) is 38.9 Å². The lowest BCUT2D eigenvalue weighted by molar-refractivity contribution is -0.188. The summed E-state index contributed by atoms with van der Waals surface area (Å²) in [6.45, 7) is 4.30. The first-order valence-corrected chi connectivity index (χ1v) is 5.56. The molecular formula is C11H17F3N2. The second-order valence-electron chi connectivity index (χ2n) is 4.69. The van der Waals surface area contributed by atoms with Gasteiger partial charge in [0.2, 0.25) is 0 Å². The fourth-order valence-electron chi connectivity index (χ4n) is 2.18. The number of rotatable bonds is 2. The van der Waals surface area contributed by atoms with Crippen molar-refractivity contribution in [1.29, 1.82) is 5.26 Å². The van der Waals surface area contributed by atoms with E-state index in [0.717, 1.165) is 0 Å². The Morgan fingerprint density at radius 2 is 2.00 bits per heavy atom. The Morgan fingerprint density at radius 1 is 1.38 bits per heavy atom. The maximum atomic E-state index is 12.6. The van der Waals surface area contributed by atoms with E-state index in [0.29, 0.717) is 13.0 Å². The van der Waals surface area contributed by atoms with E-state index in [1.807, 2.05) is 13.8 Å². The predicted octanol–water partition coefficient (Wildman–Crippen LogP) is 2.81. The molecule has 0 amide bonds. The minimum Gasteiger partial charge on any atom is -0.287 e. The number of alkyl halides is 3. The van der Waals surface area contributed by atoms with Crippen LogP contribution in [0.2, 0.25) is 0 Å². The molecule has 1 rings (SSSR count). The maximum Gasteiger partial charge on any atom is 0.393 e. The van der Waals surface area contributed by atoms with Crippen molar-refractivity contribution in [3.63, 3.8) is 0 Å². The van der Waals surface area contributed by atoms with Gasteiger partial charge in [0.25, 0.3) is 0 Å². The molecule has 16 heavy (non-hydrogen) atoms. The van der Waals surface area contributed by atoms with Crippen molar-refractivity contribution >= 4 is 0 Å². The Morgan fingerprint density at radius 3 is 2.44 bits per heavy atom. The largest absolute Gasteiger partial charge is 0.393 e. The van der Waals surface area contributed by atoms with Gasteiger partial charge < -0.3 is 0 Å². The van der Waals surface area contributed by atoms with E-state index < -0.39 is 18.1 Å². The minimum atomic E-state index is -4.13. The van der Waals surface area contributed by atoms with Gasteiger partial charge in [-0.25, -0.2) is 0 Å². The topological polar surface area (TPSA) is 27.0 Å². The van der Waals surface area contributed by atoms with Crippen LogP contribution in [0.15, 0.2) is 0 Å². The van der Waals surface area contributed by atoms with Crippen LogP contribution in [0.5, 0.6) is 0 Å². The molecule has 2 nitrogen and oxygen atoms in total. The molecule has 1 saturated heterocycles. The predicted molar refractivity (Wildman–Crippen MR) is 54.6 cm³/mol. The molecule has 0 spiro atoms. The van der Waals surface area contributed by atoms with Crippen LogP contribution < -0.4 is 0 Å². The molecule has 0 aliphatic carbocycles. The number of hydrogen-bond donors (Lipinski definition) is 0. The lowest BCUT2D eigenvalue weighted by Gasteiger charge is -2.37. The zero-order chi connectivity index (χ0) is 12.3. The van der Waals surface area contributed by atoms with Crippen molar-refractivity contribution < 1.29 is 13.2 Å². The van der Waals surface area contributed by atoms with Gasteiger partial charge in [-0.15, -0.1) is 0 Å². The molecule has 0 radical (unpaired) electrons. The zero-order valence-corrected chi connectivity index (χ0v) is 9.59. The summed E-state index contributed by atoms with van der Waals surface area (Å²) >= 11 is 0. The fraction of sp³-hybridized carbons (Fsp3) is 0.909. The van der Waals surface area contributed by atoms with E-state index in [-0.39, 0.29) is 18.9 Å². The number of halogens is 3. The fourth-order valence-corrected chi connectivity index (χ4v) is 2.18. The number of hydrogen-bond acceptors (Lipinski definition) is 2. The van der Waals surface area contributed by atoms with Gasteiger partial charge in [0.05, 0.1) is 12.0 Å². The van der Waals surface area contributed by atoms with Crippen LogP contribution in [-0.4, -0.2) is 30.2 Å². The Bertz CT molecular complexity index is 267. The molecule has 0 aromatic rings. The summed E-state index contributed by atoms with van der Waals surface area (Å²) in [4.78, 5) is 1.67. The summed E-state index contributed by atoms with van der Waals surface area (Å²) in [5, 5.41) is 8.96. The van der Waals surface area contributed by atoms with Gasteiger partial charge in [0.1, 0.15) is 6.04 Å². The molecule has 0 saturated carbocycles. The van der Waals surface area contributed by atoms with Gasteiger partial charge >= 0.3 is 6.18 Å². The molecule has 0 aromatic carbocycles. The van der Waals surface area contributed by atoms with Crippen molar-refractivity contribution in [3.05, 3.63) is 0 Å². The van der Waals surface area contributed by atoms with Gasteiger partial charge in [-0.05, 0) is 25.3 Å². The van der Waals surface area contributed by atoms with Crippen LogP contribution in [0, 0.1) is 23.2 Å². The normalized spacial score (nSPS) is 25.4. The van der Waals surface area contributed by atoms with E-state index in [2.05, 4.69) is 6.07 Å². The second kappa shape index (κ2) is 5.05. The van der Waals surface area contributed by atoms with Crippen LogP contribution >= 0.6 is 0 Å². The summed E-state index contributed by atoms with van der Waals surface area (Å²) in [5.41, 5.74) is 0. The SMILES string of the molecule is CC(C)[C@H](C#N)N1CCC[C@H](C(F)(F)F)C1. The molecule has 1 heterocycles. The molecule has 0 unspecified atom stereocenters. The van der Waals surface area contributed by atoms with Crippen molar-refractivity contribution in [3.8, 4) is 6.07 Å². The summed E-state index contributed by atoms with van der Waals surface area (Å²) in [5.74, 6) is -1.20. The zero-order valence-electron chi connectivity index (χ0n) is 9.59. The van der Waals surface area contributed by atoms with Crippen LogP contribution in [0.3, 0.4) is 0 Å². The lowest BCUT2D eigenvalue weighted by Crippen LogP contribution is -2.47. The van der Waals surface area contributed by atoms with E-state index in [1.54, 1.807) is 4.90 Å². The third-order valence-electron chi connectivity index (χ3n) is 3.07. The van der Waals surface area contributed by atoms with E-state index in [9.17, 15) is 13.2 Å². The average molecular weight is 234 g/mol. The van der Waals surface area contributed by atoms with Crippen LogP contribution in [0.4, 0.5) is 13.2 Å². The first kappa shape index (κ1) is 13.3. The molecule has 5 heteroatoms. The molecule has 1 fully saturated rings. The number of piperidine rings is 1. The molecule has 92 valence electrons. The molecule has 0 bridgehead atoms.